The van der Waals surface area contributed by atoms with Crippen molar-refractivity contribution in [3.05, 3.63) is 35.6 Å². The number of rotatable bonds is 4. The first-order valence-electron chi connectivity index (χ1n) is 6.41. The Labute approximate surface area is 107 Å². The molecule has 4 heteroatoms. The van der Waals surface area contributed by atoms with Crippen molar-refractivity contribution in [2.24, 2.45) is 11.7 Å². The number of likely N-dealkylation sites (tertiary alicyclic amines) is 1. The molecule has 2 rings (SSSR count). The number of hydrogen-bond donors (Lipinski definition) is 1. The quantitative estimate of drug-likeness (QED) is 0.881. The minimum absolute atomic E-state index is 0.126. The highest BCUT2D eigenvalue weighted by atomic mass is 19.1. The van der Waals surface area contributed by atoms with E-state index in [0.717, 1.165) is 31.5 Å². The standard InChI is InChI=1S/C14H19FN2O/c15-13-3-1-11(2-4-13)9-14(18)17-8-6-12(10-17)5-7-16/h1-4,12H,5-10,16H2. The molecule has 0 spiro atoms. The Morgan fingerprint density at radius 2 is 2.11 bits per heavy atom. The van der Waals surface area contributed by atoms with Crippen molar-refractivity contribution >= 4 is 5.91 Å². The molecule has 3 nitrogen and oxygen atoms in total. The Hall–Kier alpha value is -1.42. The van der Waals surface area contributed by atoms with Gasteiger partial charge in [0.1, 0.15) is 5.82 Å². The van der Waals surface area contributed by atoms with Crippen LogP contribution in [0.25, 0.3) is 0 Å². The molecule has 1 unspecified atom stereocenters. The maximum Gasteiger partial charge on any atom is 0.226 e. The van der Waals surface area contributed by atoms with E-state index in [9.17, 15) is 9.18 Å². The van der Waals surface area contributed by atoms with Crippen LogP contribution in [0.1, 0.15) is 18.4 Å². The third-order valence-corrected chi connectivity index (χ3v) is 3.48. The van der Waals surface area contributed by atoms with E-state index < -0.39 is 0 Å². The van der Waals surface area contributed by atoms with Crippen molar-refractivity contribution in [1.82, 2.24) is 4.90 Å². The predicted molar refractivity (Wildman–Crippen MR) is 68.5 cm³/mol. The van der Waals surface area contributed by atoms with E-state index in [-0.39, 0.29) is 11.7 Å². The van der Waals surface area contributed by atoms with Gasteiger partial charge >= 0.3 is 0 Å². The molecule has 1 aromatic rings. The Morgan fingerprint density at radius 3 is 2.78 bits per heavy atom. The fourth-order valence-corrected chi connectivity index (χ4v) is 2.42. The Kier molecular flexibility index (Phi) is 4.31. The summed E-state index contributed by atoms with van der Waals surface area (Å²) in [6, 6.07) is 6.12. The maximum absolute atomic E-state index is 12.8. The zero-order chi connectivity index (χ0) is 13.0. The van der Waals surface area contributed by atoms with Crippen molar-refractivity contribution in [2.75, 3.05) is 19.6 Å². The van der Waals surface area contributed by atoms with Gasteiger partial charge in [-0.2, -0.15) is 0 Å². The van der Waals surface area contributed by atoms with Crippen molar-refractivity contribution in [3.63, 3.8) is 0 Å². The van der Waals surface area contributed by atoms with Gasteiger partial charge in [0.2, 0.25) is 5.91 Å². The molecule has 0 aliphatic carbocycles. The average Bonchev–Trinajstić information content (AvgIpc) is 2.81. The largest absolute Gasteiger partial charge is 0.342 e. The van der Waals surface area contributed by atoms with Crippen molar-refractivity contribution < 1.29 is 9.18 Å². The molecule has 1 saturated heterocycles. The first kappa shape index (κ1) is 13.0. The second kappa shape index (κ2) is 5.96. The lowest BCUT2D eigenvalue weighted by Crippen LogP contribution is -2.30. The number of carbonyl (C=O) groups excluding carboxylic acids is 1. The van der Waals surface area contributed by atoms with Crippen LogP contribution < -0.4 is 5.73 Å². The SMILES string of the molecule is NCCC1CCN(C(=O)Cc2ccc(F)cc2)C1. The van der Waals surface area contributed by atoms with Gasteiger partial charge in [0.25, 0.3) is 0 Å². The van der Waals surface area contributed by atoms with E-state index in [0.29, 0.717) is 18.9 Å². The molecule has 1 atom stereocenters. The fraction of sp³-hybridized carbons (Fsp3) is 0.500. The molecular weight excluding hydrogens is 231 g/mol. The minimum Gasteiger partial charge on any atom is -0.342 e. The Morgan fingerprint density at radius 1 is 1.39 bits per heavy atom. The number of amides is 1. The van der Waals surface area contributed by atoms with Crippen LogP contribution in [-0.2, 0) is 11.2 Å². The van der Waals surface area contributed by atoms with Gasteiger partial charge in [0.15, 0.2) is 0 Å². The van der Waals surface area contributed by atoms with Crippen LogP contribution in [0, 0.1) is 11.7 Å². The molecule has 1 aliphatic heterocycles. The number of hydrogen-bond acceptors (Lipinski definition) is 2. The molecule has 0 radical (unpaired) electrons. The predicted octanol–water partition coefficient (Wildman–Crippen LogP) is 1.57. The monoisotopic (exact) mass is 250 g/mol. The van der Waals surface area contributed by atoms with E-state index in [4.69, 9.17) is 5.73 Å². The smallest absolute Gasteiger partial charge is 0.226 e. The van der Waals surface area contributed by atoms with Crippen LogP contribution in [0.3, 0.4) is 0 Å². The summed E-state index contributed by atoms with van der Waals surface area (Å²) in [4.78, 5) is 13.9. The van der Waals surface area contributed by atoms with Gasteiger partial charge in [-0.25, -0.2) is 4.39 Å². The van der Waals surface area contributed by atoms with Gasteiger partial charge in [-0.15, -0.1) is 0 Å². The lowest BCUT2D eigenvalue weighted by Gasteiger charge is -2.16. The molecule has 18 heavy (non-hydrogen) atoms. The van der Waals surface area contributed by atoms with E-state index in [1.807, 2.05) is 4.90 Å². The van der Waals surface area contributed by atoms with Gasteiger partial charge in [-0.05, 0) is 43.0 Å². The summed E-state index contributed by atoms with van der Waals surface area (Å²) in [6.45, 7) is 2.33. The molecule has 1 heterocycles. The summed E-state index contributed by atoms with van der Waals surface area (Å²) in [7, 11) is 0. The highest BCUT2D eigenvalue weighted by Gasteiger charge is 2.25. The molecule has 1 aromatic carbocycles. The molecular formula is C14H19FN2O. The summed E-state index contributed by atoms with van der Waals surface area (Å²) in [5.74, 6) is 0.406. The summed E-state index contributed by atoms with van der Waals surface area (Å²) >= 11 is 0. The fourth-order valence-electron chi connectivity index (χ4n) is 2.42. The van der Waals surface area contributed by atoms with Gasteiger partial charge < -0.3 is 10.6 Å². The maximum atomic E-state index is 12.8. The number of carbonyl (C=O) groups is 1. The lowest BCUT2D eigenvalue weighted by atomic mass is 10.1. The number of halogens is 1. The van der Waals surface area contributed by atoms with Crippen LogP contribution in [0.15, 0.2) is 24.3 Å². The summed E-state index contributed by atoms with van der Waals surface area (Å²) in [5, 5.41) is 0. The Balaban J connectivity index is 1.87. The van der Waals surface area contributed by atoms with Gasteiger partial charge in [-0.3, -0.25) is 4.79 Å². The zero-order valence-corrected chi connectivity index (χ0v) is 10.4. The van der Waals surface area contributed by atoms with Crippen LogP contribution in [0.5, 0.6) is 0 Å². The number of benzene rings is 1. The average molecular weight is 250 g/mol. The first-order valence-corrected chi connectivity index (χ1v) is 6.41. The molecule has 2 N–H and O–H groups in total. The molecule has 98 valence electrons. The topological polar surface area (TPSA) is 46.3 Å². The summed E-state index contributed by atoms with van der Waals surface area (Å²) in [5.41, 5.74) is 6.39. The second-order valence-corrected chi connectivity index (χ2v) is 4.88. The third kappa shape index (κ3) is 3.29. The summed E-state index contributed by atoms with van der Waals surface area (Å²) < 4.78 is 12.8. The van der Waals surface area contributed by atoms with Gasteiger partial charge in [0.05, 0.1) is 6.42 Å². The molecule has 1 amide bonds. The van der Waals surface area contributed by atoms with Crippen LogP contribution in [-0.4, -0.2) is 30.4 Å². The van der Waals surface area contributed by atoms with Gasteiger partial charge in [-0.1, -0.05) is 12.1 Å². The summed E-state index contributed by atoms with van der Waals surface area (Å²) in [6.07, 6.45) is 2.39. The number of nitrogens with zero attached hydrogens (tertiary/aromatic N) is 1. The molecule has 1 aliphatic rings. The normalized spacial score (nSPS) is 19.2. The van der Waals surface area contributed by atoms with Crippen molar-refractivity contribution in [3.8, 4) is 0 Å². The minimum atomic E-state index is -0.268. The molecule has 0 aromatic heterocycles. The lowest BCUT2D eigenvalue weighted by molar-refractivity contribution is -0.129. The van der Waals surface area contributed by atoms with Crippen LogP contribution in [0.2, 0.25) is 0 Å². The van der Waals surface area contributed by atoms with Gasteiger partial charge in [0, 0.05) is 13.1 Å². The molecule has 0 saturated carbocycles. The van der Waals surface area contributed by atoms with Crippen molar-refractivity contribution in [1.29, 1.82) is 0 Å². The number of nitrogens with two attached hydrogens (primary N) is 1. The molecule has 0 bridgehead atoms. The highest BCUT2D eigenvalue weighted by molar-refractivity contribution is 5.79. The Bertz CT molecular complexity index is 405. The van der Waals surface area contributed by atoms with Crippen LogP contribution in [0.4, 0.5) is 4.39 Å². The second-order valence-electron chi connectivity index (χ2n) is 4.88. The zero-order valence-electron chi connectivity index (χ0n) is 10.4. The third-order valence-electron chi connectivity index (χ3n) is 3.48. The van der Waals surface area contributed by atoms with Crippen LogP contribution >= 0.6 is 0 Å². The molecule has 1 fully saturated rings. The first-order chi connectivity index (χ1) is 8.69. The van der Waals surface area contributed by atoms with E-state index in [1.54, 1.807) is 12.1 Å². The van der Waals surface area contributed by atoms with Crippen molar-refractivity contribution in [2.45, 2.75) is 19.3 Å². The van der Waals surface area contributed by atoms with E-state index >= 15 is 0 Å². The van der Waals surface area contributed by atoms with E-state index in [1.165, 1.54) is 12.1 Å². The van der Waals surface area contributed by atoms with E-state index in [2.05, 4.69) is 0 Å². The highest BCUT2D eigenvalue weighted by Crippen LogP contribution is 2.19.